The highest BCUT2D eigenvalue weighted by Gasteiger charge is 2.39. The molecule has 1 aromatic carbocycles. The second-order valence-electron chi connectivity index (χ2n) is 7.64. The predicted octanol–water partition coefficient (Wildman–Crippen LogP) is 2.11. The van der Waals surface area contributed by atoms with Gasteiger partial charge in [0.25, 0.3) is 0 Å². The predicted molar refractivity (Wildman–Crippen MR) is 122 cm³/mol. The van der Waals surface area contributed by atoms with Gasteiger partial charge < -0.3 is 10.6 Å². The maximum atomic E-state index is 9.36. The largest absolute Gasteiger partial charge is 0.400 e. The fourth-order valence-corrected chi connectivity index (χ4v) is 4.28. The summed E-state index contributed by atoms with van der Waals surface area (Å²) in [7, 11) is 0. The van der Waals surface area contributed by atoms with Crippen LogP contribution < -0.4 is 16.6 Å². The van der Waals surface area contributed by atoms with E-state index in [1.165, 1.54) is 0 Å². The van der Waals surface area contributed by atoms with Gasteiger partial charge >= 0.3 is 0 Å². The Morgan fingerprint density at radius 2 is 2.17 bits per heavy atom. The van der Waals surface area contributed by atoms with Gasteiger partial charge in [-0.2, -0.15) is 5.26 Å². The van der Waals surface area contributed by atoms with Crippen LogP contribution in [0.25, 0.3) is 0 Å². The molecule has 3 rings (SSSR count). The molecule has 0 aliphatic carbocycles. The fourth-order valence-electron chi connectivity index (χ4n) is 4.28. The number of nitrogens with two attached hydrogens (primary N) is 2. The van der Waals surface area contributed by atoms with Crippen LogP contribution in [0.4, 0.5) is 5.69 Å². The van der Waals surface area contributed by atoms with Crippen molar-refractivity contribution in [3.63, 3.8) is 0 Å². The SMILES string of the molecule is C=N/C(C#N)=C(\N=C/C)N1CCN2C(CCC2/C(N)=C/N(N)c2cccc(C)c2)C1. The van der Waals surface area contributed by atoms with Crippen LogP contribution in [-0.4, -0.2) is 54.4 Å². The first-order chi connectivity index (χ1) is 14.5. The van der Waals surface area contributed by atoms with Crippen molar-refractivity contribution in [1.29, 1.82) is 5.26 Å². The Balaban J connectivity index is 1.73. The second kappa shape index (κ2) is 9.57. The first kappa shape index (κ1) is 21.6. The zero-order valence-corrected chi connectivity index (χ0v) is 17.7. The number of piperazine rings is 1. The third-order valence-corrected chi connectivity index (χ3v) is 5.70. The molecular weight excluding hydrogens is 376 g/mol. The lowest BCUT2D eigenvalue weighted by Gasteiger charge is -2.41. The molecule has 1 aromatic rings. The van der Waals surface area contributed by atoms with Gasteiger partial charge in [-0.25, -0.2) is 15.8 Å². The fraction of sp³-hybridized carbons (Fsp3) is 0.409. The molecule has 2 aliphatic heterocycles. The summed E-state index contributed by atoms with van der Waals surface area (Å²) in [6.45, 7) is 9.74. The molecule has 2 atom stereocenters. The maximum Gasteiger partial charge on any atom is 0.182 e. The van der Waals surface area contributed by atoms with Crippen LogP contribution in [0.3, 0.4) is 0 Å². The van der Waals surface area contributed by atoms with Gasteiger partial charge in [-0.15, -0.1) is 0 Å². The molecule has 0 spiro atoms. The molecule has 2 fully saturated rings. The average Bonchev–Trinajstić information content (AvgIpc) is 3.17. The highest BCUT2D eigenvalue weighted by atomic mass is 15.4. The van der Waals surface area contributed by atoms with Gasteiger partial charge in [0.2, 0.25) is 0 Å². The Morgan fingerprint density at radius 3 is 2.83 bits per heavy atom. The van der Waals surface area contributed by atoms with Crippen molar-refractivity contribution in [2.45, 2.75) is 38.8 Å². The number of benzene rings is 1. The van der Waals surface area contributed by atoms with Crippen molar-refractivity contribution in [3.8, 4) is 6.07 Å². The highest BCUT2D eigenvalue weighted by Crippen LogP contribution is 2.32. The lowest BCUT2D eigenvalue weighted by atomic mass is 10.1. The Kier molecular flexibility index (Phi) is 6.87. The molecule has 0 amide bonds. The molecule has 2 saturated heterocycles. The van der Waals surface area contributed by atoms with Crippen LogP contribution in [0.2, 0.25) is 0 Å². The molecule has 8 nitrogen and oxygen atoms in total. The maximum absolute atomic E-state index is 9.36. The first-order valence-corrected chi connectivity index (χ1v) is 10.2. The molecule has 0 aromatic heterocycles. The molecule has 2 aliphatic rings. The topological polar surface area (TPSA) is 110 Å². The van der Waals surface area contributed by atoms with Gasteiger partial charge in [-0.05, 0) is 51.1 Å². The minimum absolute atomic E-state index is 0.156. The number of nitrogens with zero attached hydrogens (tertiary/aromatic N) is 6. The number of fused-ring (bicyclic) bond motifs is 1. The molecular formula is C22H30N8. The Hall–Kier alpha value is -3.15. The zero-order valence-electron chi connectivity index (χ0n) is 17.7. The molecule has 30 heavy (non-hydrogen) atoms. The molecule has 0 saturated carbocycles. The quantitative estimate of drug-likeness (QED) is 0.324. The van der Waals surface area contributed by atoms with Crippen LogP contribution in [0.1, 0.15) is 25.3 Å². The number of allylic oxidation sites excluding steroid dienone is 1. The van der Waals surface area contributed by atoms with Crippen LogP contribution >= 0.6 is 0 Å². The summed E-state index contributed by atoms with van der Waals surface area (Å²) in [4.78, 5) is 12.8. The van der Waals surface area contributed by atoms with Gasteiger partial charge in [0.05, 0.1) is 11.7 Å². The molecule has 0 bridgehead atoms. The van der Waals surface area contributed by atoms with E-state index in [0.717, 1.165) is 49.4 Å². The number of nitriles is 1. The second-order valence-corrected chi connectivity index (χ2v) is 7.64. The van der Waals surface area contributed by atoms with Crippen LogP contribution in [0.5, 0.6) is 0 Å². The number of hydrazine groups is 1. The Morgan fingerprint density at radius 1 is 1.37 bits per heavy atom. The van der Waals surface area contributed by atoms with Crippen molar-refractivity contribution in [2.24, 2.45) is 21.6 Å². The van der Waals surface area contributed by atoms with E-state index in [1.54, 1.807) is 11.2 Å². The average molecular weight is 407 g/mol. The van der Waals surface area contributed by atoms with Gasteiger partial charge in [-0.1, -0.05) is 12.1 Å². The smallest absolute Gasteiger partial charge is 0.182 e. The van der Waals surface area contributed by atoms with Crippen molar-refractivity contribution >= 4 is 18.6 Å². The number of aryl methyl sites for hydroxylation is 1. The van der Waals surface area contributed by atoms with Crippen molar-refractivity contribution in [1.82, 2.24) is 9.80 Å². The summed E-state index contributed by atoms with van der Waals surface area (Å²) in [5.41, 5.74) is 9.56. The van der Waals surface area contributed by atoms with Crippen LogP contribution in [0.15, 0.2) is 57.7 Å². The lowest BCUT2D eigenvalue weighted by Crippen LogP contribution is -2.53. The van der Waals surface area contributed by atoms with E-state index in [1.807, 2.05) is 44.3 Å². The molecule has 8 heteroatoms. The number of anilines is 1. The molecule has 2 heterocycles. The van der Waals surface area contributed by atoms with Crippen molar-refractivity contribution < 1.29 is 0 Å². The van der Waals surface area contributed by atoms with E-state index in [9.17, 15) is 5.26 Å². The Labute approximate surface area is 178 Å². The highest BCUT2D eigenvalue weighted by molar-refractivity contribution is 5.56. The number of rotatable bonds is 6. The van der Waals surface area contributed by atoms with Crippen LogP contribution in [0, 0.1) is 18.3 Å². The minimum atomic E-state index is 0.156. The van der Waals surface area contributed by atoms with E-state index in [-0.39, 0.29) is 11.7 Å². The van der Waals surface area contributed by atoms with Gasteiger partial charge in [-0.3, -0.25) is 9.91 Å². The van der Waals surface area contributed by atoms with Gasteiger partial charge in [0.1, 0.15) is 6.07 Å². The van der Waals surface area contributed by atoms with E-state index in [2.05, 4.69) is 32.6 Å². The molecule has 0 radical (unpaired) electrons. The third-order valence-electron chi connectivity index (χ3n) is 5.70. The number of hydrogen-bond donors (Lipinski definition) is 2. The standard InChI is InChI=1S/C22H30N8/c1-4-27-22(20(13-23)26-3)28-10-11-29-18(14-28)8-9-21(29)19(24)15-30(25)17-7-5-6-16(2)12-17/h4-7,12,15,18,21H,3,8-11,14,24-25H2,1-2H3/b19-15-,22-20+,27-4-. The van der Waals surface area contributed by atoms with Crippen molar-refractivity contribution in [2.75, 3.05) is 24.6 Å². The first-order valence-electron chi connectivity index (χ1n) is 10.2. The monoisotopic (exact) mass is 406 g/mol. The summed E-state index contributed by atoms with van der Waals surface area (Å²) in [5.74, 6) is 6.83. The summed E-state index contributed by atoms with van der Waals surface area (Å²) in [5, 5.41) is 11.0. The molecule has 2 unspecified atom stereocenters. The third kappa shape index (κ3) is 4.53. The lowest BCUT2D eigenvalue weighted by molar-refractivity contribution is 0.106. The van der Waals surface area contributed by atoms with E-state index < -0.39 is 0 Å². The summed E-state index contributed by atoms with van der Waals surface area (Å²) in [6, 6.07) is 10.6. The van der Waals surface area contributed by atoms with Gasteiger partial charge in [0, 0.05) is 43.8 Å². The molecule has 4 N–H and O–H groups in total. The number of hydrogen-bond acceptors (Lipinski definition) is 8. The van der Waals surface area contributed by atoms with E-state index >= 15 is 0 Å². The summed E-state index contributed by atoms with van der Waals surface area (Å²) >= 11 is 0. The molecule has 158 valence electrons. The van der Waals surface area contributed by atoms with Gasteiger partial charge in [0.15, 0.2) is 11.5 Å². The van der Waals surface area contributed by atoms with Crippen LogP contribution in [-0.2, 0) is 0 Å². The van der Waals surface area contributed by atoms with E-state index in [0.29, 0.717) is 11.9 Å². The zero-order chi connectivity index (χ0) is 21.7. The number of aliphatic imine (C=N–C) groups is 2. The van der Waals surface area contributed by atoms with E-state index in [4.69, 9.17) is 11.6 Å². The minimum Gasteiger partial charge on any atom is -0.400 e. The van der Waals surface area contributed by atoms with Crippen molar-refractivity contribution in [3.05, 3.63) is 53.2 Å². The normalized spacial score (nSPS) is 23.1. The Bertz CT molecular complexity index is 910. The summed E-state index contributed by atoms with van der Waals surface area (Å²) < 4.78 is 0. The summed E-state index contributed by atoms with van der Waals surface area (Å²) in [6.07, 6.45) is 5.51.